The molecule has 0 aliphatic rings. The van der Waals surface area contributed by atoms with Crippen molar-refractivity contribution >= 4 is 45.0 Å². The van der Waals surface area contributed by atoms with Crippen molar-refractivity contribution in [2.75, 3.05) is 11.9 Å². The number of carbonyl (C=O) groups excluding carboxylic acids is 2. The molecule has 0 saturated heterocycles. The molecule has 3 N–H and O–H groups in total. The fourth-order valence-corrected chi connectivity index (χ4v) is 2.34. The highest BCUT2D eigenvalue weighted by molar-refractivity contribution is 9.10. The summed E-state index contributed by atoms with van der Waals surface area (Å²) in [5, 5.41) is 3.13. The number of amides is 2. The monoisotopic (exact) mass is 396 g/mol. The van der Waals surface area contributed by atoms with E-state index in [0.29, 0.717) is 22.0 Å². The molecule has 5 nitrogen and oxygen atoms in total. The van der Waals surface area contributed by atoms with Crippen LogP contribution in [0.1, 0.15) is 16.8 Å². The van der Waals surface area contributed by atoms with Crippen molar-refractivity contribution in [1.82, 2.24) is 0 Å². The van der Waals surface area contributed by atoms with Crippen LogP contribution in [0.15, 0.2) is 46.9 Å². The van der Waals surface area contributed by atoms with Gasteiger partial charge in [0.2, 0.25) is 5.91 Å². The molecule has 2 amide bonds. The van der Waals surface area contributed by atoms with E-state index in [4.69, 9.17) is 22.1 Å². The Morgan fingerprint density at radius 2 is 1.87 bits per heavy atom. The highest BCUT2D eigenvalue weighted by Gasteiger charge is 2.11. The molecule has 0 aromatic heterocycles. The second-order valence-electron chi connectivity index (χ2n) is 4.67. The molecule has 2 aromatic rings. The van der Waals surface area contributed by atoms with Crippen molar-refractivity contribution < 1.29 is 14.3 Å². The number of anilines is 1. The Kier molecular flexibility index (Phi) is 6.01. The Bertz CT molecular complexity index is 720. The van der Waals surface area contributed by atoms with Crippen molar-refractivity contribution in [2.24, 2.45) is 5.73 Å². The molecule has 0 fully saturated rings. The van der Waals surface area contributed by atoms with E-state index in [9.17, 15) is 9.59 Å². The Labute approximate surface area is 146 Å². The van der Waals surface area contributed by atoms with Gasteiger partial charge in [-0.3, -0.25) is 9.59 Å². The zero-order valence-electron chi connectivity index (χ0n) is 12.0. The molecule has 0 bridgehead atoms. The number of hydrogen-bond donors (Lipinski definition) is 2. The van der Waals surface area contributed by atoms with Crippen LogP contribution in [0.5, 0.6) is 5.75 Å². The van der Waals surface area contributed by atoms with Gasteiger partial charge in [0.25, 0.3) is 5.91 Å². The maximum atomic E-state index is 12.2. The van der Waals surface area contributed by atoms with Gasteiger partial charge < -0.3 is 15.8 Å². The Balaban J connectivity index is 1.99. The number of nitrogens with one attached hydrogen (secondary N) is 1. The van der Waals surface area contributed by atoms with Crippen molar-refractivity contribution in [3.8, 4) is 5.75 Å². The number of halogens is 2. The minimum absolute atomic E-state index is 0.153. The topological polar surface area (TPSA) is 81.4 Å². The molecule has 0 atom stereocenters. The van der Waals surface area contributed by atoms with E-state index in [0.717, 1.165) is 4.47 Å². The van der Waals surface area contributed by atoms with Crippen LogP contribution in [-0.2, 0) is 4.79 Å². The SMILES string of the molecule is NC(=O)CCOc1ccc(NC(=O)c2cc(Br)ccc2Cl)cc1. The van der Waals surface area contributed by atoms with E-state index in [1.54, 1.807) is 42.5 Å². The number of ether oxygens (including phenoxy) is 1. The molecular weight excluding hydrogens is 384 g/mol. The van der Waals surface area contributed by atoms with Crippen LogP contribution in [-0.4, -0.2) is 18.4 Å². The van der Waals surface area contributed by atoms with Crippen LogP contribution in [0.3, 0.4) is 0 Å². The lowest BCUT2D eigenvalue weighted by Gasteiger charge is -2.09. The predicted octanol–water partition coefficient (Wildman–Crippen LogP) is 3.61. The molecule has 2 rings (SSSR count). The van der Waals surface area contributed by atoms with E-state index in [2.05, 4.69) is 21.2 Å². The summed E-state index contributed by atoms with van der Waals surface area (Å²) in [4.78, 5) is 22.9. The summed E-state index contributed by atoms with van der Waals surface area (Å²) < 4.78 is 6.12. The first-order chi connectivity index (χ1) is 11.0. The van der Waals surface area contributed by atoms with Crippen LogP contribution in [0, 0.1) is 0 Å². The van der Waals surface area contributed by atoms with Crippen LogP contribution in [0.4, 0.5) is 5.69 Å². The van der Waals surface area contributed by atoms with Crippen LogP contribution in [0.25, 0.3) is 0 Å². The third-order valence-electron chi connectivity index (χ3n) is 2.90. The third kappa shape index (κ3) is 5.26. The average molecular weight is 398 g/mol. The summed E-state index contributed by atoms with van der Waals surface area (Å²) in [6.45, 7) is 0.217. The summed E-state index contributed by atoms with van der Waals surface area (Å²) in [6, 6.07) is 11.8. The highest BCUT2D eigenvalue weighted by Crippen LogP contribution is 2.23. The van der Waals surface area contributed by atoms with Gasteiger partial charge in [0.05, 0.1) is 23.6 Å². The second-order valence-corrected chi connectivity index (χ2v) is 5.99. The zero-order chi connectivity index (χ0) is 16.8. The van der Waals surface area contributed by atoms with Crippen molar-refractivity contribution in [3.63, 3.8) is 0 Å². The second kappa shape index (κ2) is 7.99. The number of rotatable bonds is 6. The fourth-order valence-electron chi connectivity index (χ4n) is 1.77. The van der Waals surface area contributed by atoms with Gasteiger partial charge in [-0.25, -0.2) is 0 Å². The van der Waals surface area contributed by atoms with Gasteiger partial charge in [-0.05, 0) is 42.5 Å². The molecule has 2 aromatic carbocycles. The minimum Gasteiger partial charge on any atom is -0.493 e. The van der Waals surface area contributed by atoms with Gasteiger partial charge in [-0.15, -0.1) is 0 Å². The first kappa shape index (κ1) is 17.3. The first-order valence-electron chi connectivity index (χ1n) is 6.73. The Hall–Kier alpha value is -2.05. The molecule has 0 aliphatic heterocycles. The van der Waals surface area contributed by atoms with Gasteiger partial charge in [-0.1, -0.05) is 27.5 Å². The maximum Gasteiger partial charge on any atom is 0.257 e. The Morgan fingerprint density at radius 1 is 1.17 bits per heavy atom. The minimum atomic E-state index is -0.417. The number of primary amides is 1. The van der Waals surface area contributed by atoms with Gasteiger partial charge in [0, 0.05) is 10.2 Å². The Morgan fingerprint density at radius 3 is 2.52 bits per heavy atom. The molecule has 0 heterocycles. The van der Waals surface area contributed by atoms with E-state index >= 15 is 0 Å². The number of nitrogens with two attached hydrogens (primary N) is 1. The third-order valence-corrected chi connectivity index (χ3v) is 3.73. The highest BCUT2D eigenvalue weighted by atomic mass is 79.9. The lowest BCUT2D eigenvalue weighted by atomic mass is 10.2. The van der Waals surface area contributed by atoms with Crippen LogP contribution < -0.4 is 15.8 Å². The standard InChI is InChI=1S/C16H14BrClN2O3/c17-10-1-6-14(18)13(9-10)16(22)20-11-2-4-12(5-3-11)23-8-7-15(19)21/h1-6,9H,7-8H2,(H2,19,21)(H,20,22). The smallest absolute Gasteiger partial charge is 0.257 e. The average Bonchev–Trinajstić information content (AvgIpc) is 2.51. The van der Waals surface area contributed by atoms with Crippen molar-refractivity contribution in [1.29, 1.82) is 0 Å². The summed E-state index contributed by atoms with van der Waals surface area (Å²) >= 11 is 9.33. The zero-order valence-corrected chi connectivity index (χ0v) is 14.4. The van der Waals surface area contributed by atoms with E-state index in [-0.39, 0.29) is 18.9 Å². The fraction of sp³-hybridized carbons (Fsp3) is 0.125. The summed E-state index contributed by atoms with van der Waals surface area (Å²) in [7, 11) is 0. The van der Waals surface area contributed by atoms with Crippen molar-refractivity contribution in [3.05, 3.63) is 57.5 Å². The molecule has 120 valence electrons. The lowest BCUT2D eigenvalue weighted by molar-refractivity contribution is -0.118. The number of carbonyl (C=O) groups is 2. The van der Waals surface area contributed by atoms with Gasteiger partial charge >= 0.3 is 0 Å². The van der Waals surface area contributed by atoms with Crippen LogP contribution >= 0.6 is 27.5 Å². The van der Waals surface area contributed by atoms with Crippen LogP contribution in [0.2, 0.25) is 5.02 Å². The van der Waals surface area contributed by atoms with Crippen molar-refractivity contribution in [2.45, 2.75) is 6.42 Å². The summed E-state index contributed by atoms with van der Waals surface area (Å²) in [5.74, 6) is -0.136. The largest absolute Gasteiger partial charge is 0.493 e. The molecular formula is C16H14BrClN2O3. The molecule has 23 heavy (non-hydrogen) atoms. The van der Waals surface area contributed by atoms with Gasteiger partial charge in [0.1, 0.15) is 5.75 Å². The first-order valence-corrected chi connectivity index (χ1v) is 7.90. The quantitative estimate of drug-likeness (QED) is 0.781. The van der Waals surface area contributed by atoms with E-state index < -0.39 is 5.91 Å². The number of benzene rings is 2. The van der Waals surface area contributed by atoms with E-state index in [1.807, 2.05) is 0 Å². The number of hydrogen-bond acceptors (Lipinski definition) is 3. The van der Waals surface area contributed by atoms with Gasteiger partial charge in [-0.2, -0.15) is 0 Å². The lowest BCUT2D eigenvalue weighted by Crippen LogP contribution is -2.14. The molecule has 0 unspecified atom stereocenters. The van der Waals surface area contributed by atoms with Gasteiger partial charge in [0.15, 0.2) is 0 Å². The molecule has 0 saturated carbocycles. The molecule has 0 aliphatic carbocycles. The predicted molar refractivity (Wildman–Crippen MR) is 92.9 cm³/mol. The summed E-state index contributed by atoms with van der Waals surface area (Å²) in [5.41, 5.74) is 6.02. The molecule has 0 spiro atoms. The summed E-state index contributed by atoms with van der Waals surface area (Å²) in [6.07, 6.45) is 0.153. The normalized spacial score (nSPS) is 10.2. The molecule has 7 heteroatoms. The van der Waals surface area contributed by atoms with E-state index in [1.165, 1.54) is 0 Å². The molecule has 0 radical (unpaired) electrons. The maximum absolute atomic E-state index is 12.2.